The van der Waals surface area contributed by atoms with Gasteiger partial charge in [0.05, 0.1) is 11.7 Å². The number of ether oxygens (including phenoxy) is 2. The number of rotatable bonds is 10. The Morgan fingerprint density at radius 3 is 1.95 bits per heavy atom. The molecule has 222 valence electrons. The number of benzene rings is 1. The molecule has 0 aliphatic heterocycles. The number of carbonyl (C=O) groups excluding carboxylic acids is 2. The Morgan fingerprint density at radius 1 is 1.05 bits per heavy atom. The number of para-hydroxylation sites is 1. The predicted octanol–water partition coefficient (Wildman–Crippen LogP) is 5.97. The monoisotopic (exact) mass is 542 g/mol. The van der Waals surface area contributed by atoms with Gasteiger partial charge in [0.25, 0.3) is 0 Å². The first kappa shape index (κ1) is 42.3. The Kier molecular flexibility index (Phi) is 36.0. The van der Waals surface area contributed by atoms with E-state index in [2.05, 4.69) is 29.1 Å². The van der Waals surface area contributed by atoms with Crippen LogP contribution in [0.4, 0.5) is 0 Å². The average Bonchev–Trinajstić information content (AvgIpc) is 2.92. The summed E-state index contributed by atoms with van der Waals surface area (Å²) in [6, 6.07) is 6.49. The Labute approximate surface area is 230 Å². The molecule has 0 radical (unpaired) electrons. The molecule has 1 aromatic carbocycles. The Morgan fingerprint density at radius 2 is 1.61 bits per heavy atom. The number of aromatic hydroxyl groups is 1. The molecule has 2 unspecified atom stereocenters. The molecule has 0 saturated carbocycles. The summed E-state index contributed by atoms with van der Waals surface area (Å²) in [5, 5.41) is 30.0. The number of phenols is 1. The number of hydrogen-bond acceptors (Lipinski definition) is 8. The molecule has 0 heterocycles. The standard InChI is InChI=1S/C9H16N2O2.C9H20O.C8H8O2.C2H6O.CH4O/c1-4-6-8(11-13)10-9(12)7(3)5-2;1-4-6-8-9(10-3)7-5-2;1-6(9)7-4-2-3-5-8(7)10;1-3-2;1-2/h4,6-7,13H,5H2,1-3H3,(H,10,11,12);9H,4-8H2,1-3H3;2-5,10H,1H3;1-2H3;2H,1H3/b6-4-;;;;. The molecule has 0 aliphatic rings. The molecule has 9 heteroatoms. The van der Waals surface area contributed by atoms with Crippen molar-refractivity contribution in [2.75, 3.05) is 28.4 Å². The molecule has 1 amide bonds. The number of phenolic OH excluding ortho intramolecular Hbond substituents is 1. The number of amidine groups is 1. The minimum Gasteiger partial charge on any atom is -0.507 e. The molecule has 0 aromatic heterocycles. The first-order valence-corrected chi connectivity index (χ1v) is 13.0. The number of Topliss-reactive ketones (excluding diaryl/α,β-unsaturated/α-hetero) is 1. The van der Waals surface area contributed by atoms with Gasteiger partial charge in [-0.05, 0) is 51.3 Å². The van der Waals surface area contributed by atoms with Crippen LogP contribution in [0.2, 0.25) is 0 Å². The van der Waals surface area contributed by atoms with Crippen LogP contribution in [0.25, 0.3) is 0 Å². The molecular formula is C29H54N2O7. The number of hydrogen-bond donors (Lipinski definition) is 4. The van der Waals surface area contributed by atoms with Gasteiger partial charge in [0.2, 0.25) is 5.91 Å². The number of nitrogens with zero attached hydrogens (tertiary/aromatic N) is 1. The third-order valence-corrected chi connectivity index (χ3v) is 4.85. The maximum atomic E-state index is 11.3. The van der Waals surface area contributed by atoms with Gasteiger partial charge < -0.3 is 30.2 Å². The molecule has 1 rings (SSSR count). The van der Waals surface area contributed by atoms with E-state index in [4.69, 9.17) is 20.2 Å². The zero-order valence-electron chi connectivity index (χ0n) is 25.3. The fourth-order valence-corrected chi connectivity index (χ4v) is 2.60. The number of methoxy groups -OCH3 is 2. The van der Waals surface area contributed by atoms with Crippen molar-refractivity contribution in [2.24, 2.45) is 11.1 Å². The number of carbonyl (C=O) groups is 2. The fraction of sp³-hybridized carbons (Fsp3) is 0.621. The Balaban J connectivity index is -0.000000211. The van der Waals surface area contributed by atoms with E-state index in [1.807, 2.05) is 21.0 Å². The summed E-state index contributed by atoms with van der Waals surface area (Å²) in [5.41, 5.74) is 0.377. The number of allylic oxidation sites excluding steroid dienone is 1. The largest absolute Gasteiger partial charge is 0.507 e. The second kappa shape index (κ2) is 32.3. The summed E-state index contributed by atoms with van der Waals surface area (Å²) in [4.78, 5) is 22.0. The number of unbranched alkanes of at least 4 members (excludes halogenated alkanes) is 1. The van der Waals surface area contributed by atoms with Crippen LogP contribution >= 0.6 is 0 Å². The van der Waals surface area contributed by atoms with Crippen molar-refractivity contribution in [3.8, 4) is 5.75 Å². The van der Waals surface area contributed by atoms with Crippen LogP contribution in [0.3, 0.4) is 0 Å². The highest BCUT2D eigenvalue weighted by atomic mass is 16.5. The van der Waals surface area contributed by atoms with Gasteiger partial charge in [-0.3, -0.25) is 9.59 Å². The molecule has 2 atom stereocenters. The number of nitrogens with one attached hydrogen (secondary N) is 1. The normalized spacial score (nSPS) is 11.6. The fourth-order valence-electron chi connectivity index (χ4n) is 2.60. The van der Waals surface area contributed by atoms with Crippen LogP contribution in [0.15, 0.2) is 41.6 Å². The minimum atomic E-state index is -0.131. The molecule has 4 N–H and O–H groups in total. The maximum Gasteiger partial charge on any atom is 0.228 e. The SMILES string of the molecule is C/C=C\C(=N/O)NC(=O)C(C)CC.CC(=O)c1ccccc1O.CCCCC(CCC)OC.CO.COC. The van der Waals surface area contributed by atoms with E-state index in [9.17, 15) is 9.59 Å². The first-order valence-electron chi connectivity index (χ1n) is 13.0. The average molecular weight is 543 g/mol. The molecule has 0 aliphatic carbocycles. The van der Waals surface area contributed by atoms with Crippen LogP contribution in [0.1, 0.15) is 90.4 Å². The van der Waals surface area contributed by atoms with Crippen LogP contribution in [-0.2, 0) is 14.3 Å². The lowest BCUT2D eigenvalue weighted by atomic mass is 10.1. The quantitative estimate of drug-likeness (QED) is 0.0939. The van der Waals surface area contributed by atoms with Gasteiger partial charge in [0.1, 0.15) is 5.75 Å². The van der Waals surface area contributed by atoms with Crippen LogP contribution in [-0.4, -0.2) is 67.5 Å². The van der Waals surface area contributed by atoms with Gasteiger partial charge in [-0.25, -0.2) is 0 Å². The van der Waals surface area contributed by atoms with Crippen LogP contribution in [0, 0.1) is 5.92 Å². The van der Waals surface area contributed by atoms with Crippen molar-refractivity contribution >= 4 is 17.5 Å². The lowest BCUT2D eigenvalue weighted by Gasteiger charge is -2.12. The highest BCUT2D eigenvalue weighted by Gasteiger charge is 2.11. The third-order valence-electron chi connectivity index (χ3n) is 4.85. The molecule has 0 bridgehead atoms. The molecule has 0 spiro atoms. The Hall–Kier alpha value is -2.75. The first-order chi connectivity index (χ1) is 18.1. The van der Waals surface area contributed by atoms with Crippen molar-refractivity contribution in [3.05, 3.63) is 42.0 Å². The smallest absolute Gasteiger partial charge is 0.228 e. The van der Waals surface area contributed by atoms with E-state index in [-0.39, 0.29) is 29.2 Å². The summed E-state index contributed by atoms with van der Waals surface area (Å²) in [5.74, 6) is -0.0868. The predicted molar refractivity (Wildman–Crippen MR) is 156 cm³/mol. The van der Waals surface area contributed by atoms with Crippen LogP contribution < -0.4 is 5.32 Å². The highest BCUT2D eigenvalue weighted by molar-refractivity contribution is 6.04. The van der Waals surface area contributed by atoms with E-state index in [0.29, 0.717) is 11.7 Å². The lowest BCUT2D eigenvalue weighted by molar-refractivity contribution is -0.123. The summed E-state index contributed by atoms with van der Waals surface area (Å²) >= 11 is 0. The van der Waals surface area contributed by atoms with E-state index in [0.717, 1.165) is 13.5 Å². The maximum absolute atomic E-state index is 11.3. The van der Waals surface area contributed by atoms with Crippen molar-refractivity contribution in [1.82, 2.24) is 5.32 Å². The molecule has 0 fully saturated rings. The topological polar surface area (TPSA) is 138 Å². The molecular weight excluding hydrogens is 488 g/mol. The third kappa shape index (κ3) is 26.3. The number of oxime groups is 1. The second-order valence-electron chi connectivity index (χ2n) is 8.05. The van der Waals surface area contributed by atoms with E-state index in [1.54, 1.807) is 45.4 Å². The highest BCUT2D eigenvalue weighted by Crippen LogP contribution is 2.15. The van der Waals surface area contributed by atoms with Crippen LogP contribution in [0.5, 0.6) is 5.75 Å². The summed E-state index contributed by atoms with van der Waals surface area (Å²) in [6.07, 6.45) is 10.8. The van der Waals surface area contributed by atoms with Gasteiger partial charge in [-0.15, -0.1) is 0 Å². The van der Waals surface area contributed by atoms with Crippen molar-refractivity contribution < 1.29 is 34.5 Å². The molecule has 0 saturated heterocycles. The van der Waals surface area contributed by atoms with Crippen molar-refractivity contribution in [3.63, 3.8) is 0 Å². The minimum absolute atomic E-state index is 0.0509. The summed E-state index contributed by atoms with van der Waals surface area (Å²) in [7, 11) is 6.07. The molecule has 1 aromatic rings. The van der Waals surface area contributed by atoms with Gasteiger partial charge in [0.15, 0.2) is 11.6 Å². The number of aliphatic hydroxyl groups is 1. The van der Waals surface area contributed by atoms with E-state index < -0.39 is 0 Å². The zero-order valence-corrected chi connectivity index (χ0v) is 25.3. The number of amides is 1. The summed E-state index contributed by atoms with van der Waals surface area (Å²) in [6.45, 7) is 11.4. The van der Waals surface area contributed by atoms with E-state index in [1.165, 1.54) is 51.2 Å². The number of aliphatic hydroxyl groups excluding tert-OH is 1. The van der Waals surface area contributed by atoms with Gasteiger partial charge >= 0.3 is 0 Å². The Bertz CT molecular complexity index is 737. The summed E-state index contributed by atoms with van der Waals surface area (Å²) < 4.78 is 9.54. The van der Waals surface area contributed by atoms with Gasteiger partial charge in [-0.2, -0.15) is 0 Å². The molecule has 9 nitrogen and oxygen atoms in total. The van der Waals surface area contributed by atoms with Gasteiger partial charge in [0, 0.05) is 34.4 Å². The second-order valence-corrected chi connectivity index (χ2v) is 8.05. The van der Waals surface area contributed by atoms with E-state index >= 15 is 0 Å². The lowest BCUT2D eigenvalue weighted by Crippen LogP contribution is -2.33. The van der Waals surface area contributed by atoms with Crippen molar-refractivity contribution in [1.29, 1.82) is 0 Å². The van der Waals surface area contributed by atoms with Gasteiger partial charge in [-0.1, -0.05) is 70.3 Å². The molecule has 38 heavy (non-hydrogen) atoms. The van der Waals surface area contributed by atoms with Crippen molar-refractivity contribution in [2.45, 2.75) is 86.2 Å². The number of ketones is 1. The zero-order chi connectivity index (χ0) is 30.4.